The average molecular weight is 316 g/mol. The average Bonchev–Trinajstić information content (AvgIpc) is 3.09. The van der Waals surface area contributed by atoms with Crippen molar-refractivity contribution in [2.45, 2.75) is 26.2 Å². The zero-order valence-electron chi connectivity index (χ0n) is 12.9. The summed E-state index contributed by atoms with van der Waals surface area (Å²) in [5.41, 5.74) is 1.26. The summed E-state index contributed by atoms with van der Waals surface area (Å²) in [6.45, 7) is 1.43. The van der Waals surface area contributed by atoms with Gasteiger partial charge in [0, 0.05) is 18.3 Å². The lowest BCUT2D eigenvalue weighted by Gasteiger charge is -2.27. The lowest BCUT2D eigenvalue weighted by Crippen LogP contribution is -2.37. The van der Waals surface area contributed by atoms with Crippen molar-refractivity contribution in [2.24, 2.45) is 23.7 Å². The van der Waals surface area contributed by atoms with Gasteiger partial charge in [-0.1, -0.05) is 0 Å². The molecule has 0 saturated heterocycles. The maximum absolute atomic E-state index is 12.5. The van der Waals surface area contributed by atoms with Gasteiger partial charge >= 0.3 is 5.97 Å². The Morgan fingerprint density at radius 3 is 2.00 bits per heavy atom. The Balaban J connectivity index is 1.69. The van der Waals surface area contributed by atoms with E-state index in [0.29, 0.717) is 11.4 Å². The highest BCUT2D eigenvalue weighted by Crippen LogP contribution is 2.52. The SMILES string of the molecule is CC(=O)Nc1ccc(NC(=O)[C@@H]2[C@@H]3CC[C@@H](C3)[C@@H]2C(=O)O)cc1. The van der Waals surface area contributed by atoms with Crippen molar-refractivity contribution in [1.82, 2.24) is 0 Å². The molecule has 4 atom stereocenters. The first-order chi connectivity index (χ1) is 11.0. The number of carbonyl (C=O) groups is 3. The van der Waals surface area contributed by atoms with Crippen LogP contribution >= 0.6 is 0 Å². The second kappa shape index (κ2) is 6.02. The fourth-order valence-corrected chi connectivity index (χ4v) is 4.09. The number of benzene rings is 1. The van der Waals surface area contributed by atoms with Crippen molar-refractivity contribution in [3.8, 4) is 0 Å². The molecule has 3 rings (SSSR count). The molecule has 0 unspecified atom stereocenters. The fourth-order valence-electron chi connectivity index (χ4n) is 4.09. The Hall–Kier alpha value is -2.37. The molecule has 1 aromatic carbocycles. The van der Waals surface area contributed by atoms with Crippen LogP contribution in [0.2, 0.25) is 0 Å². The van der Waals surface area contributed by atoms with Gasteiger partial charge in [-0.3, -0.25) is 14.4 Å². The third-order valence-electron chi connectivity index (χ3n) is 4.98. The van der Waals surface area contributed by atoms with Gasteiger partial charge in [-0.05, 0) is 55.4 Å². The molecule has 2 amide bonds. The molecule has 0 spiro atoms. The minimum absolute atomic E-state index is 0.135. The van der Waals surface area contributed by atoms with Gasteiger partial charge in [0.25, 0.3) is 0 Å². The van der Waals surface area contributed by atoms with Gasteiger partial charge in [-0.2, -0.15) is 0 Å². The fraction of sp³-hybridized carbons (Fsp3) is 0.471. The number of anilines is 2. The predicted octanol–water partition coefficient (Wildman–Crippen LogP) is 2.33. The van der Waals surface area contributed by atoms with Crippen LogP contribution < -0.4 is 10.6 Å². The van der Waals surface area contributed by atoms with Gasteiger partial charge in [-0.25, -0.2) is 0 Å². The number of fused-ring (bicyclic) bond motifs is 2. The summed E-state index contributed by atoms with van der Waals surface area (Å²) in [4.78, 5) is 35.0. The molecule has 0 aliphatic heterocycles. The maximum atomic E-state index is 12.5. The maximum Gasteiger partial charge on any atom is 0.307 e. The molecule has 2 saturated carbocycles. The molecule has 1 aromatic rings. The number of amides is 2. The van der Waals surface area contributed by atoms with Gasteiger partial charge in [0.15, 0.2) is 0 Å². The van der Waals surface area contributed by atoms with Crippen molar-refractivity contribution in [1.29, 1.82) is 0 Å². The molecule has 3 N–H and O–H groups in total. The summed E-state index contributed by atoms with van der Waals surface area (Å²) >= 11 is 0. The van der Waals surface area contributed by atoms with E-state index >= 15 is 0 Å². The van der Waals surface area contributed by atoms with E-state index in [2.05, 4.69) is 10.6 Å². The van der Waals surface area contributed by atoms with E-state index in [1.54, 1.807) is 24.3 Å². The zero-order valence-corrected chi connectivity index (χ0v) is 12.9. The van der Waals surface area contributed by atoms with E-state index in [1.807, 2.05) is 0 Å². The summed E-state index contributed by atoms with van der Waals surface area (Å²) in [5.74, 6) is -1.92. The normalized spacial score (nSPS) is 28.4. The van der Waals surface area contributed by atoms with Gasteiger partial charge in [0.1, 0.15) is 0 Å². The molecule has 2 aliphatic carbocycles. The zero-order chi connectivity index (χ0) is 16.6. The first-order valence-electron chi connectivity index (χ1n) is 7.87. The molecule has 6 heteroatoms. The number of aliphatic carboxylic acids is 1. The van der Waals surface area contributed by atoms with Crippen LogP contribution in [0.5, 0.6) is 0 Å². The van der Waals surface area contributed by atoms with Crippen LogP contribution in [0.4, 0.5) is 11.4 Å². The lowest BCUT2D eigenvalue weighted by atomic mass is 9.78. The van der Waals surface area contributed by atoms with Crippen LogP contribution in [0, 0.1) is 23.7 Å². The van der Waals surface area contributed by atoms with Crippen LogP contribution in [-0.4, -0.2) is 22.9 Å². The van der Waals surface area contributed by atoms with E-state index in [1.165, 1.54) is 6.92 Å². The number of carbonyl (C=O) groups excluding carboxylic acids is 2. The minimum Gasteiger partial charge on any atom is -0.481 e. The van der Waals surface area contributed by atoms with Crippen molar-refractivity contribution >= 4 is 29.2 Å². The summed E-state index contributed by atoms with van der Waals surface area (Å²) in [6, 6.07) is 6.80. The van der Waals surface area contributed by atoms with Crippen molar-refractivity contribution in [2.75, 3.05) is 10.6 Å². The number of carboxylic acids is 1. The topological polar surface area (TPSA) is 95.5 Å². The van der Waals surface area contributed by atoms with Crippen molar-refractivity contribution in [3.05, 3.63) is 24.3 Å². The second-order valence-corrected chi connectivity index (χ2v) is 6.47. The van der Waals surface area contributed by atoms with Crippen molar-refractivity contribution in [3.63, 3.8) is 0 Å². The third-order valence-corrected chi connectivity index (χ3v) is 4.98. The summed E-state index contributed by atoms with van der Waals surface area (Å²) < 4.78 is 0. The molecule has 2 bridgehead atoms. The van der Waals surface area contributed by atoms with Gasteiger partial charge in [0.05, 0.1) is 11.8 Å². The van der Waals surface area contributed by atoms with Crippen molar-refractivity contribution < 1.29 is 19.5 Å². The van der Waals surface area contributed by atoms with Crippen LogP contribution in [0.3, 0.4) is 0 Å². The van der Waals surface area contributed by atoms with E-state index in [-0.39, 0.29) is 23.7 Å². The van der Waals surface area contributed by atoms with Gasteiger partial charge < -0.3 is 15.7 Å². The predicted molar refractivity (Wildman–Crippen MR) is 84.8 cm³/mol. The summed E-state index contributed by atoms with van der Waals surface area (Å²) in [5, 5.41) is 14.9. The molecule has 0 aromatic heterocycles. The van der Waals surface area contributed by atoms with Gasteiger partial charge in [-0.15, -0.1) is 0 Å². The monoisotopic (exact) mass is 316 g/mol. The quantitative estimate of drug-likeness (QED) is 0.794. The molecular weight excluding hydrogens is 296 g/mol. The number of hydrogen-bond donors (Lipinski definition) is 3. The lowest BCUT2D eigenvalue weighted by molar-refractivity contribution is -0.148. The van der Waals surface area contributed by atoms with Crippen LogP contribution in [0.15, 0.2) is 24.3 Å². The molecule has 2 aliphatic rings. The smallest absolute Gasteiger partial charge is 0.307 e. The van der Waals surface area contributed by atoms with Crippen LogP contribution in [0.1, 0.15) is 26.2 Å². The first kappa shape index (κ1) is 15.5. The number of hydrogen-bond acceptors (Lipinski definition) is 3. The van der Waals surface area contributed by atoms with Crippen LogP contribution in [-0.2, 0) is 14.4 Å². The highest BCUT2D eigenvalue weighted by atomic mass is 16.4. The van der Waals surface area contributed by atoms with E-state index in [9.17, 15) is 19.5 Å². The summed E-state index contributed by atoms with van der Waals surface area (Å²) in [7, 11) is 0. The third kappa shape index (κ3) is 3.06. The van der Waals surface area contributed by atoms with E-state index < -0.39 is 17.8 Å². The molecular formula is C17H20N2O4. The number of nitrogens with one attached hydrogen (secondary N) is 2. The Morgan fingerprint density at radius 1 is 0.957 bits per heavy atom. The number of carboxylic acid groups (broad SMARTS) is 1. The highest BCUT2D eigenvalue weighted by Gasteiger charge is 2.53. The Morgan fingerprint density at radius 2 is 1.48 bits per heavy atom. The Labute approximate surface area is 134 Å². The number of rotatable bonds is 4. The second-order valence-electron chi connectivity index (χ2n) is 6.47. The van der Waals surface area contributed by atoms with Crippen LogP contribution in [0.25, 0.3) is 0 Å². The standard InChI is InChI=1S/C17H20N2O4/c1-9(20)18-12-4-6-13(7-5-12)19-16(21)14-10-2-3-11(8-10)15(14)17(22)23/h4-7,10-11,14-15H,2-3,8H2,1H3,(H,18,20)(H,19,21)(H,22,23)/t10-,11+,14-,15+/m1/s1. The summed E-state index contributed by atoms with van der Waals surface area (Å²) in [6.07, 6.45) is 2.70. The molecule has 6 nitrogen and oxygen atoms in total. The molecule has 2 fully saturated rings. The minimum atomic E-state index is -0.863. The van der Waals surface area contributed by atoms with Gasteiger partial charge in [0.2, 0.25) is 11.8 Å². The molecule has 23 heavy (non-hydrogen) atoms. The molecule has 122 valence electrons. The highest BCUT2D eigenvalue weighted by molar-refractivity contribution is 5.96. The Kier molecular flexibility index (Phi) is 4.07. The molecule has 0 radical (unpaired) electrons. The van der Waals surface area contributed by atoms with E-state index in [0.717, 1.165) is 19.3 Å². The molecule has 0 heterocycles. The first-order valence-corrected chi connectivity index (χ1v) is 7.87. The Bertz CT molecular complexity index is 640. The largest absolute Gasteiger partial charge is 0.481 e. The van der Waals surface area contributed by atoms with E-state index in [4.69, 9.17) is 0 Å².